The molecule has 0 amide bonds. The number of aromatic nitrogens is 1. The maximum atomic E-state index is 10.8. The van der Waals surface area contributed by atoms with Gasteiger partial charge < -0.3 is 5.11 Å². The fourth-order valence-electron chi connectivity index (χ4n) is 1.01. The number of carboxylic acid groups (broad SMARTS) is 1. The first-order valence-electron chi connectivity index (χ1n) is 4.21. The summed E-state index contributed by atoms with van der Waals surface area (Å²) in [5, 5.41) is 9.90. The van der Waals surface area contributed by atoms with E-state index < -0.39 is 14.0 Å². The molecule has 0 aliphatic carbocycles. The number of hydrogen-bond donors (Lipinski definition) is 1. The van der Waals surface area contributed by atoms with Crippen LogP contribution in [0, 0.1) is 0 Å². The van der Waals surface area contributed by atoms with Crippen LogP contribution in [0.1, 0.15) is 10.4 Å². The molecule has 0 atom stereocenters. The first-order valence-corrected chi connectivity index (χ1v) is 8.09. The molecule has 1 N–H and O–H groups in total. The lowest BCUT2D eigenvalue weighted by molar-refractivity contribution is 0.0697. The van der Waals surface area contributed by atoms with Crippen molar-refractivity contribution >= 4 is 30.8 Å². The van der Waals surface area contributed by atoms with Crippen LogP contribution in [-0.2, 0) is 0 Å². The number of carboxylic acids is 1. The van der Waals surface area contributed by atoms with E-state index in [0.29, 0.717) is 0 Å². The van der Waals surface area contributed by atoms with Crippen molar-refractivity contribution in [2.24, 2.45) is 0 Å². The molecule has 1 rings (SSSR count). The Kier molecular flexibility index (Phi) is 2.97. The smallest absolute Gasteiger partial charge is 0.338 e. The van der Waals surface area contributed by atoms with Gasteiger partial charge in [-0.15, -0.1) is 0 Å². The van der Waals surface area contributed by atoms with Crippen LogP contribution >= 0.6 is 11.6 Å². The lowest BCUT2D eigenvalue weighted by Gasteiger charge is -2.16. The van der Waals surface area contributed by atoms with Gasteiger partial charge in [0.15, 0.2) is 0 Å². The van der Waals surface area contributed by atoms with Gasteiger partial charge in [-0.05, 0) is 11.3 Å². The highest BCUT2D eigenvalue weighted by atomic mass is 35.5. The third-order valence-electron chi connectivity index (χ3n) is 1.94. The molecule has 0 aromatic carbocycles. The number of halogens is 1. The lowest BCUT2D eigenvalue weighted by Crippen LogP contribution is -2.38. The van der Waals surface area contributed by atoms with E-state index in [2.05, 4.69) is 24.6 Å². The number of hydrogen-bond acceptors (Lipinski definition) is 2. The molecule has 0 aliphatic heterocycles. The van der Waals surface area contributed by atoms with Gasteiger partial charge in [-0.25, -0.2) is 9.78 Å². The topological polar surface area (TPSA) is 50.2 Å². The maximum Gasteiger partial charge on any atom is 0.338 e. The third kappa shape index (κ3) is 2.33. The molecule has 0 saturated heterocycles. The Morgan fingerprint density at radius 1 is 1.50 bits per heavy atom. The predicted octanol–water partition coefficient (Wildman–Crippen LogP) is 1.98. The van der Waals surface area contributed by atoms with Crippen LogP contribution < -0.4 is 5.19 Å². The minimum absolute atomic E-state index is 0.0551. The van der Waals surface area contributed by atoms with E-state index in [9.17, 15) is 4.79 Å². The summed E-state index contributed by atoms with van der Waals surface area (Å²) in [6, 6.07) is 1.63. The van der Waals surface area contributed by atoms with Gasteiger partial charge in [0.05, 0.1) is 13.6 Å². The molecular formula is C9H12ClNO2Si. The van der Waals surface area contributed by atoms with E-state index in [-0.39, 0.29) is 10.7 Å². The minimum atomic E-state index is -1.52. The van der Waals surface area contributed by atoms with Gasteiger partial charge in [0, 0.05) is 6.20 Å². The van der Waals surface area contributed by atoms with Crippen molar-refractivity contribution < 1.29 is 9.90 Å². The van der Waals surface area contributed by atoms with Gasteiger partial charge in [0.1, 0.15) is 5.15 Å². The van der Waals surface area contributed by atoms with Crippen LogP contribution in [0.3, 0.4) is 0 Å². The highest BCUT2D eigenvalue weighted by Gasteiger charge is 2.20. The number of rotatable bonds is 2. The van der Waals surface area contributed by atoms with Crippen LogP contribution in [0.4, 0.5) is 0 Å². The van der Waals surface area contributed by atoms with Crippen molar-refractivity contribution in [1.82, 2.24) is 4.98 Å². The molecule has 0 fully saturated rings. The average molecular weight is 230 g/mol. The second kappa shape index (κ2) is 3.71. The molecule has 0 spiro atoms. The molecule has 3 nitrogen and oxygen atoms in total. The summed E-state index contributed by atoms with van der Waals surface area (Å²) in [7, 11) is -1.52. The van der Waals surface area contributed by atoms with Gasteiger partial charge in [-0.2, -0.15) is 0 Å². The van der Waals surface area contributed by atoms with E-state index in [0.717, 1.165) is 5.19 Å². The summed E-state index contributed by atoms with van der Waals surface area (Å²) >= 11 is 5.66. The van der Waals surface area contributed by atoms with Crippen LogP contribution in [0.15, 0.2) is 12.3 Å². The van der Waals surface area contributed by atoms with E-state index >= 15 is 0 Å². The summed E-state index contributed by atoms with van der Waals surface area (Å²) < 4.78 is 0. The zero-order valence-corrected chi connectivity index (χ0v) is 10.1. The molecule has 0 unspecified atom stereocenters. The summed E-state index contributed by atoms with van der Waals surface area (Å²) in [4.78, 5) is 14.7. The molecule has 5 heteroatoms. The van der Waals surface area contributed by atoms with Crippen LogP contribution in [0.2, 0.25) is 24.8 Å². The van der Waals surface area contributed by atoms with Crippen molar-refractivity contribution in [2.75, 3.05) is 0 Å². The molecule has 0 saturated carbocycles. The molecule has 76 valence electrons. The van der Waals surface area contributed by atoms with Gasteiger partial charge in [-0.1, -0.05) is 31.2 Å². The van der Waals surface area contributed by atoms with E-state index in [1.165, 1.54) is 0 Å². The van der Waals surface area contributed by atoms with Crippen molar-refractivity contribution in [2.45, 2.75) is 19.6 Å². The van der Waals surface area contributed by atoms with E-state index in [1.54, 1.807) is 12.3 Å². The number of nitrogens with zero attached hydrogens (tertiary/aromatic N) is 1. The number of aromatic carboxylic acids is 1. The molecular weight excluding hydrogens is 218 g/mol. The number of carbonyl (C=O) groups is 1. The zero-order valence-electron chi connectivity index (χ0n) is 8.34. The van der Waals surface area contributed by atoms with Crippen molar-refractivity contribution in [1.29, 1.82) is 0 Å². The molecule has 0 aliphatic rings. The lowest BCUT2D eigenvalue weighted by atomic mass is 10.3. The fourth-order valence-corrected chi connectivity index (χ4v) is 2.22. The Morgan fingerprint density at radius 2 is 2.07 bits per heavy atom. The molecule has 1 aromatic heterocycles. The van der Waals surface area contributed by atoms with Crippen molar-refractivity contribution in [3.8, 4) is 0 Å². The highest BCUT2D eigenvalue weighted by molar-refractivity contribution is 6.88. The van der Waals surface area contributed by atoms with Gasteiger partial charge in [0.25, 0.3) is 0 Å². The van der Waals surface area contributed by atoms with Crippen molar-refractivity contribution in [3.05, 3.63) is 23.0 Å². The summed E-state index contributed by atoms with van der Waals surface area (Å²) in [6.07, 6.45) is 1.67. The Hall–Kier alpha value is -0.873. The van der Waals surface area contributed by atoms with Gasteiger partial charge >= 0.3 is 5.97 Å². The Morgan fingerprint density at radius 3 is 2.50 bits per heavy atom. The first-order chi connectivity index (χ1) is 6.32. The molecule has 1 heterocycles. The second-order valence-electron chi connectivity index (χ2n) is 4.12. The SMILES string of the molecule is C[Si](C)(C)c1cnc(Cl)c(C(=O)O)c1. The largest absolute Gasteiger partial charge is 0.478 e. The maximum absolute atomic E-state index is 10.8. The van der Waals surface area contributed by atoms with Crippen LogP contribution in [0.25, 0.3) is 0 Å². The number of pyridine rings is 1. The Labute approximate surface area is 88.8 Å². The van der Waals surface area contributed by atoms with E-state index in [4.69, 9.17) is 16.7 Å². The summed E-state index contributed by atoms with van der Waals surface area (Å²) in [5.74, 6) is -1.03. The predicted molar refractivity (Wildman–Crippen MR) is 59.2 cm³/mol. The zero-order chi connectivity index (χ0) is 10.9. The quantitative estimate of drug-likeness (QED) is 0.623. The van der Waals surface area contributed by atoms with E-state index in [1.807, 2.05) is 0 Å². The Bertz CT molecular complexity index is 374. The van der Waals surface area contributed by atoms with Crippen molar-refractivity contribution in [3.63, 3.8) is 0 Å². The van der Waals surface area contributed by atoms with Gasteiger partial charge in [0.2, 0.25) is 0 Å². The van der Waals surface area contributed by atoms with Crippen LogP contribution in [-0.4, -0.2) is 24.1 Å². The average Bonchev–Trinajstić information content (AvgIpc) is 2.02. The third-order valence-corrected chi connectivity index (χ3v) is 4.24. The minimum Gasteiger partial charge on any atom is -0.478 e. The molecule has 0 radical (unpaired) electrons. The van der Waals surface area contributed by atoms with Gasteiger partial charge in [-0.3, -0.25) is 0 Å². The standard InChI is InChI=1S/C9H12ClNO2Si/c1-14(2,3)6-4-7(9(12)13)8(10)11-5-6/h4-5H,1-3H3,(H,12,13). The molecule has 1 aromatic rings. The molecule has 14 heavy (non-hydrogen) atoms. The first kappa shape index (κ1) is 11.2. The summed E-state index contributed by atoms with van der Waals surface area (Å²) in [6.45, 7) is 6.39. The monoisotopic (exact) mass is 229 g/mol. The fraction of sp³-hybridized carbons (Fsp3) is 0.333. The highest BCUT2D eigenvalue weighted by Crippen LogP contribution is 2.12. The second-order valence-corrected chi connectivity index (χ2v) is 9.55. The van der Waals surface area contributed by atoms with Crippen LogP contribution in [0.5, 0.6) is 0 Å². The molecule has 0 bridgehead atoms. The summed E-state index contributed by atoms with van der Waals surface area (Å²) in [5.41, 5.74) is 0.0894. The normalized spacial score (nSPS) is 11.4. The Balaban J connectivity index is 3.27.